The summed E-state index contributed by atoms with van der Waals surface area (Å²) in [4.78, 5) is 14.4. The van der Waals surface area contributed by atoms with Gasteiger partial charge in [-0.1, -0.05) is 19.8 Å². The van der Waals surface area contributed by atoms with Crippen LogP contribution in [0.4, 0.5) is 0 Å². The van der Waals surface area contributed by atoms with E-state index < -0.39 is 0 Å². The van der Waals surface area contributed by atoms with Crippen LogP contribution in [0.5, 0.6) is 0 Å². The second kappa shape index (κ2) is 8.54. The van der Waals surface area contributed by atoms with Crippen molar-refractivity contribution >= 4 is 5.91 Å². The van der Waals surface area contributed by atoms with E-state index in [0.717, 1.165) is 19.3 Å². The van der Waals surface area contributed by atoms with Crippen LogP contribution >= 0.6 is 0 Å². The van der Waals surface area contributed by atoms with Crippen molar-refractivity contribution in [1.82, 2.24) is 4.90 Å². The van der Waals surface area contributed by atoms with Gasteiger partial charge in [0.1, 0.15) is 0 Å². The molecule has 1 aliphatic rings. The van der Waals surface area contributed by atoms with E-state index >= 15 is 0 Å². The van der Waals surface area contributed by atoms with Gasteiger partial charge >= 0.3 is 0 Å². The van der Waals surface area contributed by atoms with Gasteiger partial charge in [0.25, 0.3) is 0 Å². The number of hydrogen-bond acceptors (Lipinski definition) is 3. The average molecular weight is 270 g/mol. The molecule has 1 fully saturated rings. The predicted molar refractivity (Wildman–Crippen MR) is 77.9 cm³/mol. The molecular formula is C15H30N2O2. The normalized spacial score (nSPS) is 25.1. The van der Waals surface area contributed by atoms with Gasteiger partial charge in [-0.3, -0.25) is 4.79 Å². The van der Waals surface area contributed by atoms with Crippen LogP contribution in [-0.4, -0.2) is 43.2 Å². The number of methoxy groups -OCH3 is 1. The Hall–Kier alpha value is -0.610. The topological polar surface area (TPSA) is 55.6 Å². The van der Waals surface area contributed by atoms with E-state index in [2.05, 4.69) is 13.8 Å². The Kier molecular flexibility index (Phi) is 7.39. The van der Waals surface area contributed by atoms with Gasteiger partial charge in [-0.25, -0.2) is 0 Å². The smallest absolute Gasteiger partial charge is 0.223 e. The van der Waals surface area contributed by atoms with Crippen molar-refractivity contribution in [3.8, 4) is 0 Å². The molecule has 0 aliphatic heterocycles. The average Bonchev–Trinajstić information content (AvgIpc) is 2.41. The van der Waals surface area contributed by atoms with Crippen LogP contribution in [0.1, 0.15) is 52.4 Å². The Balaban J connectivity index is 2.54. The minimum atomic E-state index is 0.207. The molecule has 0 aromatic carbocycles. The highest BCUT2D eigenvalue weighted by atomic mass is 16.5. The third-order valence-electron chi connectivity index (χ3n) is 4.38. The van der Waals surface area contributed by atoms with E-state index in [9.17, 15) is 4.79 Å². The van der Waals surface area contributed by atoms with Gasteiger partial charge in [0.2, 0.25) is 5.91 Å². The molecule has 1 rings (SSSR count). The molecule has 4 nitrogen and oxygen atoms in total. The van der Waals surface area contributed by atoms with Crippen molar-refractivity contribution in [3.05, 3.63) is 0 Å². The number of nitrogens with two attached hydrogens (primary N) is 1. The molecule has 0 aromatic rings. The molecule has 0 bridgehead atoms. The first-order valence-corrected chi connectivity index (χ1v) is 7.64. The molecule has 19 heavy (non-hydrogen) atoms. The summed E-state index contributed by atoms with van der Waals surface area (Å²) in [5.41, 5.74) is 6.14. The van der Waals surface area contributed by atoms with Gasteiger partial charge < -0.3 is 15.4 Å². The van der Waals surface area contributed by atoms with Crippen LogP contribution in [0, 0.1) is 5.92 Å². The maximum Gasteiger partial charge on any atom is 0.223 e. The number of carbonyl (C=O) groups excluding carboxylic acids is 1. The monoisotopic (exact) mass is 270 g/mol. The zero-order chi connectivity index (χ0) is 14.3. The van der Waals surface area contributed by atoms with E-state index in [1.54, 1.807) is 7.11 Å². The van der Waals surface area contributed by atoms with Crippen molar-refractivity contribution in [2.45, 2.75) is 64.5 Å². The molecule has 4 heteroatoms. The van der Waals surface area contributed by atoms with Crippen LogP contribution in [0.2, 0.25) is 0 Å². The van der Waals surface area contributed by atoms with Gasteiger partial charge in [0.05, 0.1) is 6.61 Å². The zero-order valence-electron chi connectivity index (χ0n) is 12.7. The first-order chi connectivity index (χ1) is 9.10. The highest BCUT2D eigenvalue weighted by Crippen LogP contribution is 2.26. The summed E-state index contributed by atoms with van der Waals surface area (Å²) in [5.74, 6) is 0.615. The number of nitrogens with zero attached hydrogens (tertiary/aromatic N) is 1. The maximum atomic E-state index is 12.5. The van der Waals surface area contributed by atoms with Gasteiger partial charge in [-0.2, -0.15) is 0 Å². The van der Waals surface area contributed by atoms with Crippen molar-refractivity contribution < 1.29 is 9.53 Å². The summed E-state index contributed by atoms with van der Waals surface area (Å²) in [6.45, 7) is 5.51. The molecule has 0 spiro atoms. The third-order valence-corrected chi connectivity index (χ3v) is 4.38. The lowest BCUT2D eigenvalue weighted by molar-refractivity contribution is -0.135. The Labute approximate surface area is 117 Å². The quantitative estimate of drug-likeness (QED) is 0.771. The molecule has 0 heterocycles. The van der Waals surface area contributed by atoms with Crippen molar-refractivity contribution in [1.29, 1.82) is 0 Å². The van der Waals surface area contributed by atoms with Gasteiger partial charge in [-0.15, -0.1) is 0 Å². The standard InChI is InChI=1S/C15H30N2O2/c1-4-12(2)17(9-10-19-3)15(18)11-13-7-5-6-8-14(13)16/h12-14H,4-11,16H2,1-3H3. The predicted octanol–water partition coefficient (Wildman–Crippen LogP) is 2.17. The molecule has 2 N–H and O–H groups in total. The van der Waals surface area contributed by atoms with Crippen molar-refractivity contribution in [2.75, 3.05) is 20.3 Å². The van der Waals surface area contributed by atoms with Gasteiger partial charge in [0, 0.05) is 32.2 Å². The number of hydrogen-bond donors (Lipinski definition) is 1. The first kappa shape index (κ1) is 16.4. The second-order valence-corrected chi connectivity index (χ2v) is 5.75. The number of amides is 1. The summed E-state index contributed by atoms with van der Waals surface area (Å²) in [6.07, 6.45) is 6.18. The van der Waals surface area contributed by atoms with E-state index in [-0.39, 0.29) is 18.0 Å². The molecule has 1 amide bonds. The summed E-state index contributed by atoms with van der Waals surface area (Å²) in [7, 11) is 1.68. The molecular weight excluding hydrogens is 240 g/mol. The summed E-state index contributed by atoms with van der Waals surface area (Å²) < 4.78 is 5.11. The van der Waals surface area contributed by atoms with Crippen LogP contribution in [0.25, 0.3) is 0 Å². The molecule has 0 aromatic heterocycles. The second-order valence-electron chi connectivity index (χ2n) is 5.75. The number of rotatable bonds is 7. The highest BCUT2D eigenvalue weighted by Gasteiger charge is 2.27. The Morgan fingerprint density at radius 1 is 1.42 bits per heavy atom. The largest absolute Gasteiger partial charge is 0.383 e. The fourth-order valence-electron chi connectivity index (χ4n) is 2.83. The number of ether oxygens (including phenoxy) is 1. The Morgan fingerprint density at radius 2 is 2.11 bits per heavy atom. The lowest BCUT2D eigenvalue weighted by Crippen LogP contribution is -2.43. The Morgan fingerprint density at radius 3 is 2.68 bits per heavy atom. The minimum Gasteiger partial charge on any atom is -0.383 e. The van der Waals surface area contributed by atoms with Gasteiger partial charge in [0.15, 0.2) is 0 Å². The van der Waals surface area contributed by atoms with Crippen LogP contribution in [0.15, 0.2) is 0 Å². The van der Waals surface area contributed by atoms with Crippen LogP contribution in [0.3, 0.4) is 0 Å². The van der Waals surface area contributed by atoms with E-state index in [1.807, 2.05) is 4.90 Å². The van der Waals surface area contributed by atoms with Crippen molar-refractivity contribution in [3.63, 3.8) is 0 Å². The summed E-state index contributed by atoms with van der Waals surface area (Å²) in [6, 6.07) is 0.487. The fraction of sp³-hybridized carbons (Fsp3) is 0.933. The molecule has 112 valence electrons. The lowest BCUT2D eigenvalue weighted by Gasteiger charge is -2.33. The summed E-state index contributed by atoms with van der Waals surface area (Å²) >= 11 is 0. The van der Waals surface area contributed by atoms with Crippen LogP contribution in [-0.2, 0) is 9.53 Å². The summed E-state index contributed by atoms with van der Waals surface area (Å²) in [5, 5.41) is 0. The molecule has 3 unspecified atom stereocenters. The minimum absolute atomic E-state index is 0.207. The maximum absolute atomic E-state index is 12.5. The molecule has 1 aliphatic carbocycles. The first-order valence-electron chi connectivity index (χ1n) is 7.64. The molecule has 1 saturated carbocycles. The van der Waals surface area contributed by atoms with Crippen LogP contribution < -0.4 is 5.73 Å². The number of carbonyl (C=O) groups is 1. The molecule has 0 saturated heterocycles. The van der Waals surface area contributed by atoms with E-state index in [1.165, 1.54) is 12.8 Å². The SMILES string of the molecule is CCC(C)N(CCOC)C(=O)CC1CCCCC1N. The third kappa shape index (κ3) is 5.11. The van der Waals surface area contributed by atoms with E-state index in [4.69, 9.17) is 10.5 Å². The van der Waals surface area contributed by atoms with Gasteiger partial charge in [-0.05, 0) is 32.1 Å². The van der Waals surface area contributed by atoms with Crippen molar-refractivity contribution in [2.24, 2.45) is 11.7 Å². The molecule has 0 radical (unpaired) electrons. The highest BCUT2D eigenvalue weighted by molar-refractivity contribution is 5.76. The Bertz CT molecular complexity index is 271. The lowest BCUT2D eigenvalue weighted by atomic mass is 9.82. The fourth-order valence-corrected chi connectivity index (χ4v) is 2.83. The molecule has 3 atom stereocenters. The zero-order valence-corrected chi connectivity index (χ0v) is 12.7. The van der Waals surface area contributed by atoms with E-state index in [0.29, 0.717) is 25.5 Å².